The summed E-state index contributed by atoms with van der Waals surface area (Å²) in [4.78, 5) is 12.0. The number of anilines is 2. The molecule has 7 nitrogen and oxygen atoms in total. The number of rotatable bonds is 4. The molecule has 0 spiro atoms. The number of aryl methyl sites for hydroxylation is 1. The van der Waals surface area contributed by atoms with Gasteiger partial charge in [-0.1, -0.05) is 0 Å². The first-order valence-corrected chi connectivity index (χ1v) is 3.87. The van der Waals surface area contributed by atoms with Crippen molar-refractivity contribution in [3.05, 3.63) is 5.82 Å². The highest BCUT2D eigenvalue weighted by molar-refractivity contribution is 5.33. The highest BCUT2D eigenvalue weighted by atomic mass is 15.2. The quantitative estimate of drug-likeness (QED) is 0.435. The second-order valence-corrected chi connectivity index (χ2v) is 2.29. The molecule has 1 aromatic rings. The van der Waals surface area contributed by atoms with Crippen molar-refractivity contribution in [1.82, 2.24) is 15.0 Å². The zero-order valence-corrected chi connectivity index (χ0v) is 7.41. The lowest BCUT2D eigenvalue weighted by molar-refractivity contribution is 0.941. The fourth-order valence-electron chi connectivity index (χ4n) is 0.823. The van der Waals surface area contributed by atoms with E-state index in [-0.39, 0.29) is 13.3 Å². The van der Waals surface area contributed by atoms with E-state index in [0.717, 1.165) is 0 Å². The smallest absolute Gasteiger partial charge is 0.228 e. The lowest BCUT2D eigenvalue weighted by atomic mass is 10.7. The van der Waals surface area contributed by atoms with Gasteiger partial charge in [0.05, 0.1) is 13.3 Å². The maximum absolute atomic E-state index is 5.28. The Kier molecular flexibility index (Phi) is 3.35. The zero-order valence-electron chi connectivity index (χ0n) is 7.41. The summed E-state index contributed by atoms with van der Waals surface area (Å²) >= 11 is 0. The standard InChI is InChI=1S/C6H13N7/c1-4-11-5(9-2-7)13-6(12-4)10-3-8/h2-3,7-8H2,1H3,(H2,9,10,11,12,13). The minimum atomic E-state index is 0.283. The predicted octanol–water partition coefficient (Wildman–Crippen LogP) is -1.16. The molecular formula is C6H13N7. The van der Waals surface area contributed by atoms with E-state index in [1.807, 2.05) is 0 Å². The molecule has 0 fully saturated rings. The fraction of sp³-hybridized carbons (Fsp3) is 0.500. The summed E-state index contributed by atoms with van der Waals surface area (Å²) in [6.45, 7) is 2.34. The third-order valence-electron chi connectivity index (χ3n) is 1.27. The van der Waals surface area contributed by atoms with Crippen molar-refractivity contribution in [3.63, 3.8) is 0 Å². The Morgan fingerprint density at radius 3 is 1.85 bits per heavy atom. The highest BCUT2D eigenvalue weighted by Crippen LogP contribution is 2.02. The third kappa shape index (κ3) is 2.80. The van der Waals surface area contributed by atoms with Crippen LogP contribution in [0.25, 0.3) is 0 Å². The molecule has 0 aliphatic heterocycles. The van der Waals surface area contributed by atoms with Crippen LogP contribution in [-0.2, 0) is 0 Å². The van der Waals surface area contributed by atoms with Gasteiger partial charge >= 0.3 is 0 Å². The molecule has 0 aliphatic rings. The Hall–Kier alpha value is -1.47. The van der Waals surface area contributed by atoms with Crippen molar-refractivity contribution in [3.8, 4) is 0 Å². The number of nitrogens with zero attached hydrogens (tertiary/aromatic N) is 3. The first-order valence-electron chi connectivity index (χ1n) is 3.87. The van der Waals surface area contributed by atoms with E-state index in [1.54, 1.807) is 6.92 Å². The Morgan fingerprint density at radius 2 is 1.46 bits per heavy atom. The Labute approximate surface area is 76.0 Å². The molecule has 1 aromatic heterocycles. The van der Waals surface area contributed by atoms with Crippen LogP contribution in [0.5, 0.6) is 0 Å². The van der Waals surface area contributed by atoms with Crippen LogP contribution in [0, 0.1) is 6.92 Å². The van der Waals surface area contributed by atoms with Gasteiger partial charge in [-0.3, -0.25) is 0 Å². The third-order valence-corrected chi connectivity index (χ3v) is 1.27. The van der Waals surface area contributed by atoms with Crippen LogP contribution in [0.3, 0.4) is 0 Å². The van der Waals surface area contributed by atoms with E-state index < -0.39 is 0 Å². The molecule has 0 bridgehead atoms. The van der Waals surface area contributed by atoms with Crippen molar-refractivity contribution >= 4 is 11.9 Å². The van der Waals surface area contributed by atoms with E-state index >= 15 is 0 Å². The van der Waals surface area contributed by atoms with E-state index in [9.17, 15) is 0 Å². The molecule has 0 amide bonds. The molecule has 0 atom stereocenters. The summed E-state index contributed by atoms with van der Waals surface area (Å²) in [5.41, 5.74) is 10.6. The van der Waals surface area contributed by atoms with Crippen molar-refractivity contribution in [1.29, 1.82) is 0 Å². The molecule has 0 aromatic carbocycles. The SMILES string of the molecule is Cc1nc(NCN)nc(NCN)n1. The molecule has 0 radical (unpaired) electrons. The topological polar surface area (TPSA) is 115 Å². The van der Waals surface area contributed by atoms with Gasteiger partial charge in [0.2, 0.25) is 11.9 Å². The summed E-state index contributed by atoms with van der Waals surface area (Å²) in [5.74, 6) is 1.51. The molecule has 6 N–H and O–H groups in total. The van der Waals surface area contributed by atoms with E-state index in [2.05, 4.69) is 25.6 Å². The van der Waals surface area contributed by atoms with Crippen molar-refractivity contribution in [2.45, 2.75) is 6.92 Å². The van der Waals surface area contributed by atoms with Gasteiger partial charge in [-0.15, -0.1) is 0 Å². The van der Waals surface area contributed by atoms with Gasteiger partial charge in [-0.25, -0.2) is 0 Å². The second-order valence-electron chi connectivity index (χ2n) is 2.29. The minimum absolute atomic E-state index is 0.283. The Balaban J connectivity index is 2.83. The molecule has 0 saturated heterocycles. The van der Waals surface area contributed by atoms with Crippen LogP contribution in [0.2, 0.25) is 0 Å². The van der Waals surface area contributed by atoms with Crippen molar-refractivity contribution < 1.29 is 0 Å². The molecular weight excluding hydrogens is 170 g/mol. The van der Waals surface area contributed by atoms with Gasteiger partial charge in [0.15, 0.2) is 0 Å². The molecule has 0 saturated carbocycles. The number of hydrogen-bond acceptors (Lipinski definition) is 7. The lowest BCUT2D eigenvalue weighted by Crippen LogP contribution is -2.17. The van der Waals surface area contributed by atoms with Gasteiger partial charge in [0, 0.05) is 0 Å². The molecule has 1 heterocycles. The van der Waals surface area contributed by atoms with Crippen LogP contribution in [0.1, 0.15) is 5.82 Å². The average molecular weight is 183 g/mol. The number of nitrogens with one attached hydrogen (secondary N) is 2. The van der Waals surface area contributed by atoms with E-state index in [0.29, 0.717) is 17.7 Å². The van der Waals surface area contributed by atoms with E-state index in [4.69, 9.17) is 11.5 Å². The first-order chi connectivity index (χ1) is 6.26. The zero-order chi connectivity index (χ0) is 9.68. The second kappa shape index (κ2) is 4.53. The lowest BCUT2D eigenvalue weighted by Gasteiger charge is -2.05. The summed E-state index contributed by atoms with van der Waals surface area (Å²) in [7, 11) is 0. The summed E-state index contributed by atoms with van der Waals surface area (Å²) in [5, 5.41) is 5.56. The van der Waals surface area contributed by atoms with Crippen molar-refractivity contribution in [2.24, 2.45) is 11.5 Å². The van der Waals surface area contributed by atoms with Crippen molar-refractivity contribution in [2.75, 3.05) is 24.0 Å². The molecule has 0 aliphatic carbocycles. The van der Waals surface area contributed by atoms with Gasteiger partial charge in [-0.2, -0.15) is 15.0 Å². The molecule has 13 heavy (non-hydrogen) atoms. The predicted molar refractivity (Wildman–Crippen MR) is 49.9 cm³/mol. The Morgan fingerprint density at radius 1 is 1.00 bits per heavy atom. The maximum atomic E-state index is 5.28. The van der Waals surface area contributed by atoms with Gasteiger partial charge < -0.3 is 22.1 Å². The largest absolute Gasteiger partial charge is 0.342 e. The van der Waals surface area contributed by atoms with E-state index in [1.165, 1.54) is 0 Å². The fourth-order valence-corrected chi connectivity index (χ4v) is 0.823. The summed E-state index contributed by atoms with van der Waals surface area (Å²) in [6, 6.07) is 0. The minimum Gasteiger partial charge on any atom is -0.342 e. The normalized spacial score (nSPS) is 9.77. The van der Waals surface area contributed by atoms with Crippen LogP contribution in [-0.4, -0.2) is 28.3 Å². The highest BCUT2D eigenvalue weighted by Gasteiger charge is 2.00. The monoisotopic (exact) mass is 183 g/mol. The average Bonchev–Trinajstić information content (AvgIpc) is 2.04. The molecule has 0 unspecified atom stereocenters. The maximum Gasteiger partial charge on any atom is 0.228 e. The summed E-state index contributed by atoms with van der Waals surface area (Å²) in [6.07, 6.45) is 0. The van der Waals surface area contributed by atoms with Crippen LogP contribution in [0.4, 0.5) is 11.9 Å². The van der Waals surface area contributed by atoms with Gasteiger partial charge in [-0.05, 0) is 6.92 Å². The van der Waals surface area contributed by atoms with Gasteiger partial charge in [0.1, 0.15) is 5.82 Å². The number of nitrogens with two attached hydrogens (primary N) is 2. The number of aromatic nitrogens is 3. The Bertz CT molecular complexity index is 249. The molecule has 72 valence electrons. The van der Waals surface area contributed by atoms with Crippen LogP contribution < -0.4 is 22.1 Å². The van der Waals surface area contributed by atoms with Crippen LogP contribution in [0.15, 0.2) is 0 Å². The molecule has 7 heteroatoms. The molecule has 1 rings (SSSR count). The number of hydrogen-bond donors (Lipinski definition) is 4. The summed E-state index contributed by atoms with van der Waals surface area (Å²) < 4.78 is 0. The van der Waals surface area contributed by atoms with Crippen LogP contribution >= 0.6 is 0 Å². The van der Waals surface area contributed by atoms with Gasteiger partial charge in [0.25, 0.3) is 0 Å². The first kappa shape index (κ1) is 9.62.